The maximum absolute atomic E-state index is 15.4. The van der Waals surface area contributed by atoms with Crippen LogP contribution in [0.1, 0.15) is 30.0 Å². The Labute approximate surface area is 191 Å². The lowest BCUT2D eigenvalue weighted by Gasteiger charge is -2.35. The van der Waals surface area contributed by atoms with Crippen molar-refractivity contribution in [2.75, 3.05) is 6.61 Å². The molecule has 34 heavy (non-hydrogen) atoms. The van der Waals surface area contributed by atoms with Crippen molar-refractivity contribution in [1.82, 2.24) is 0 Å². The van der Waals surface area contributed by atoms with Crippen molar-refractivity contribution in [1.29, 1.82) is 0 Å². The molecule has 1 aliphatic carbocycles. The molecular weight excluding hydrogens is 461 g/mol. The van der Waals surface area contributed by atoms with Crippen LogP contribution in [0.25, 0.3) is 22.3 Å². The summed E-state index contributed by atoms with van der Waals surface area (Å²) in [6, 6.07) is 7.79. The maximum Gasteiger partial charge on any atom is 0.343 e. The van der Waals surface area contributed by atoms with Gasteiger partial charge >= 0.3 is 11.8 Å². The zero-order valence-corrected chi connectivity index (χ0v) is 18.0. The zero-order chi connectivity index (χ0) is 24.8. The average molecular weight is 480 g/mol. The van der Waals surface area contributed by atoms with Crippen molar-refractivity contribution >= 4 is 0 Å². The predicted octanol–water partition coefficient (Wildman–Crippen LogP) is 8.15. The van der Waals surface area contributed by atoms with Crippen LogP contribution in [0, 0.1) is 17.5 Å². The Balaban J connectivity index is 1.93. The third-order valence-corrected chi connectivity index (χ3v) is 5.84. The molecule has 178 valence electrons. The lowest BCUT2D eigenvalue weighted by Crippen LogP contribution is -2.41. The molecule has 0 saturated heterocycles. The minimum atomic E-state index is -5.08. The van der Waals surface area contributed by atoms with E-state index in [0.717, 1.165) is 30.3 Å². The van der Waals surface area contributed by atoms with Gasteiger partial charge in [-0.25, -0.2) is 13.2 Å². The first-order valence-corrected chi connectivity index (χ1v) is 10.5. The third kappa shape index (κ3) is 3.47. The Hall–Kier alpha value is -3.29. The van der Waals surface area contributed by atoms with Gasteiger partial charge in [-0.3, -0.25) is 0 Å². The van der Waals surface area contributed by atoms with Gasteiger partial charge in [0.05, 0.1) is 17.7 Å². The molecule has 0 unspecified atom stereocenters. The predicted molar refractivity (Wildman–Crippen MR) is 115 cm³/mol. The molecule has 1 nitrogen and oxygen atoms in total. The Morgan fingerprint density at radius 1 is 0.824 bits per heavy atom. The summed E-state index contributed by atoms with van der Waals surface area (Å²) >= 11 is 0. The molecule has 3 aromatic rings. The summed E-state index contributed by atoms with van der Waals surface area (Å²) in [7, 11) is 0. The summed E-state index contributed by atoms with van der Waals surface area (Å²) in [5.74, 6) is -14.7. The molecule has 0 bridgehead atoms. The van der Waals surface area contributed by atoms with Crippen LogP contribution in [0.5, 0.6) is 5.75 Å². The zero-order valence-electron chi connectivity index (χ0n) is 18.0. The van der Waals surface area contributed by atoms with Gasteiger partial charge in [-0.05, 0) is 60.2 Å². The monoisotopic (exact) mass is 480 g/mol. The van der Waals surface area contributed by atoms with Crippen molar-refractivity contribution < 1.29 is 35.5 Å². The fourth-order valence-electron chi connectivity index (χ4n) is 4.17. The first kappa shape index (κ1) is 23.9. The fourth-order valence-corrected chi connectivity index (χ4v) is 4.17. The van der Waals surface area contributed by atoms with Crippen LogP contribution in [0.15, 0.2) is 55.1 Å². The quantitative estimate of drug-likeness (QED) is 0.256. The number of fused-ring (bicyclic) bond motifs is 3. The molecule has 3 aromatic carbocycles. The third-order valence-electron chi connectivity index (χ3n) is 5.84. The number of rotatable bonds is 6. The number of aryl methyl sites for hydroxylation is 1. The molecule has 0 heterocycles. The first-order chi connectivity index (χ1) is 16.1. The molecule has 0 aliphatic heterocycles. The number of alkyl halides is 4. The molecule has 0 atom stereocenters. The SMILES string of the molecule is C=CCCc1ccc(-c2ccc3c(c2F)C(F)(F)C(F)(F)c2c-3ccc(OCC)c2F)cc1F. The maximum atomic E-state index is 15.4. The number of hydrogen-bond donors (Lipinski definition) is 0. The highest BCUT2D eigenvalue weighted by molar-refractivity contribution is 5.81. The highest BCUT2D eigenvalue weighted by Gasteiger charge is 2.65. The van der Waals surface area contributed by atoms with Crippen LogP contribution in [0.3, 0.4) is 0 Å². The number of allylic oxidation sites excluding steroid dienone is 1. The lowest BCUT2D eigenvalue weighted by atomic mass is 9.78. The Bertz CT molecular complexity index is 1280. The largest absolute Gasteiger partial charge is 0.491 e. The van der Waals surface area contributed by atoms with Crippen molar-refractivity contribution in [3.05, 3.63) is 89.3 Å². The second-order valence-electron chi connectivity index (χ2n) is 7.87. The standard InChI is InChI=1S/C26H19F7O/c1-3-5-6-14-7-8-15(13-19(14)27)16-9-10-17-18-11-12-20(34-4-2)24(29)22(18)26(32,33)25(30,31)21(17)23(16)28/h3,7-13H,1,4-6H2,2H3. The van der Waals surface area contributed by atoms with E-state index >= 15 is 22.0 Å². The number of halogens is 7. The summed E-state index contributed by atoms with van der Waals surface area (Å²) in [5.41, 5.74) is -4.52. The van der Waals surface area contributed by atoms with Crippen LogP contribution < -0.4 is 4.74 Å². The van der Waals surface area contributed by atoms with E-state index in [9.17, 15) is 8.78 Å². The van der Waals surface area contributed by atoms with E-state index in [-0.39, 0.29) is 12.2 Å². The Morgan fingerprint density at radius 2 is 1.41 bits per heavy atom. The molecule has 0 amide bonds. The highest BCUT2D eigenvalue weighted by Crippen LogP contribution is 2.60. The molecule has 0 fully saturated rings. The number of benzene rings is 3. The van der Waals surface area contributed by atoms with Crippen LogP contribution in [-0.4, -0.2) is 6.61 Å². The molecule has 0 aromatic heterocycles. The molecule has 1 aliphatic rings. The van der Waals surface area contributed by atoms with Gasteiger partial charge in [-0.2, -0.15) is 17.6 Å². The second kappa shape index (κ2) is 8.49. The Morgan fingerprint density at radius 3 is 2.00 bits per heavy atom. The van der Waals surface area contributed by atoms with Gasteiger partial charge < -0.3 is 4.74 Å². The number of hydrogen-bond acceptors (Lipinski definition) is 1. The van der Waals surface area contributed by atoms with Crippen molar-refractivity contribution in [3.8, 4) is 28.0 Å². The van der Waals surface area contributed by atoms with Gasteiger partial charge in [0.25, 0.3) is 0 Å². The van der Waals surface area contributed by atoms with Crippen LogP contribution >= 0.6 is 0 Å². The Kier molecular flexibility index (Phi) is 5.96. The molecule has 0 N–H and O–H groups in total. The van der Waals surface area contributed by atoms with E-state index in [1.165, 1.54) is 19.1 Å². The normalized spacial score (nSPS) is 15.4. The number of ether oxygens (including phenoxy) is 1. The van der Waals surface area contributed by atoms with Gasteiger partial charge in [-0.15, -0.1) is 6.58 Å². The van der Waals surface area contributed by atoms with Gasteiger partial charge in [0.1, 0.15) is 11.6 Å². The summed E-state index contributed by atoms with van der Waals surface area (Å²) < 4.78 is 110. The van der Waals surface area contributed by atoms with Crippen LogP contribution in [0.2, 0.25) is 0 Å². The molecule has 0 saturated carbocycles. The molecular formula is C26H19F7O. The lowest BCUT2D eigenvalue weighted by molar-refractivity contribution is -0.227. The van der Waals surface area contributed by atoms with Gasteiger partial charge in [0.2, 0.25) is 0 Å². The molecule has 0 radical (unpaired) electrons. The second-order valence-corrected chi connectivity index (χ2v) is 7.87. The van der Waals surface area contributed by atoms with E-state index in [0.29, 0.717) is 18.4 Å². The minimum absolute atomic E-state index is 0.0742. The van der Waals surface area contributed by atoms with E-state index in [1.54, 1.807) is 6.08 Å². The summed E-state index contributed by atoms with van der Waals surface area (Å²) in [4.78, 5) is 0. The van der Waals surface area contributed by atoms with E-state index in [1.807, 2.05) is 0 Å². The van der Waals surface area contributed by atoms with Crippen molar-refractivity contribution in [2.24, 2.45) is 0 Å². The van der Waals surface area contributed by atoms with E-state index in [4.69, 9.17) is 4.74 Å². The van der Waals surface area contributed by atoms with Gasteiger partial charge in [0, 0.05) is 5.56 Å². The average Bonchev–Trinajstić information content (AvgIpc) is 2.78. The smallest absolute Gasteiger partial charge is 0.343 e. The summed E-state index contributed by atoms with van der Waals surface area (Å²) in [6.45, 7) is 4.95. The van der Waals surface area contributed by atoms with Gasteiger partial charge in [-0.1, -0.05) is 30.3 Å². The summed E-state index contributed by atoms with van der Waals surface area (Å²) in [6.07, 6.45) is 2.42. The van der Waals surface area contributed by atoms with Crippen LogP contribution in [-0.2, 0) is 18.3 Å². The molecule has 4 rings (SSSR count). The van der Waals surface area contributed by atoms with Gasteiger partial charge in [0.15, 0.2) is 11.6 Å². The first-order valence-electron chi connectivity index (χ1n) is 10.5. The fraction of sp³-hybridized carbons (Fsp3) is 0.231. The van der Waals surface area contributed by atoms with Crippen molar-refractivity contribution in [2.45, 2.75) is 31.6 Å². The minimum Gasteiger partial charge on any atom is -0.491 e. The van der Waals surface area contributed by atoms with E-state index in [2.05, 4.69) is 6.58 Å². The van der Waals surface area contributed by atoms with E-state index < -0.39 is 62.9 Å². The highest BCUT2D eigenvalue weighted by atomic mass is 19.3. The van der Waals surface area contributed by atoms with Crippen LogP contribution in [0.4, 0.5) is 30.7 Å². The molecule has 8 heteroatoms. The summed E-state index contributed by atoms with van der Waals surface area (Å²) in [5, 5.41) is 0. The van der Waals surface area contributed by atoms with Crippen molar-refractivity contribution in [3.63, 3.8) is 0 Å². The topological polar surface area (TPSA) is 9.23 Å². The molecule has 0 spiro atoms.